The van der Waals surface area contributed by atoms with Crippen molar-refractivity contribution < 1.29 is 22.8 Å². The lowest BCUT2D eigenvalue weighted by Gasteiger charge is -2.21. The highest BCUT2D eigenvalue weighted by Gasteiger charge is 2.23. The highest BCUT2D eigenvalue weighted by Crippen LogP contribution is 2.23. The zero-order valence-electron chi connectivity index (χ0n) is 12.1. The largest absolute Gasteiger partial charge is 0.325 e. The van der Waals surface area contributed by atoms with Crippen LogP contribution >= 0.6 is 0 Å². The van der Waals surface area contributed by atoms with E-state index in [1.807, 2.05) is 0 Å². The molecular weight excluding hydrogens is 309 g/mol. The van der Waals surface area contributed by atoms with Crippen LogP contribution in [-0.2, 0) is 9.59 Å². The molecule has 1 N–H and O–H groups in total. The molecule has 23 heavy (non-hydrogen) atoms. The third-order valence-corrected chi connectivity index (χ3v) is 3.04. The maximum atomic E-state index is 13.8. The molecule has 0 saturated carbocycles. The number of benzene rings is 2. The Morgan fingerprint density at radius 3 is 2.26 bits per heavy atom. The summed E-state index contributed by atoms with van der Waals surface area (Å²) < 4.78 is 40.1. The number of carbonyl (C=O) groups excluding carboxylic acids is 2. The van der Waals surface area contributed by atoms with E-state index in [2.05, 4.69) is 5.32 Å². The molecule has 0 aliphatic heterocycles. The van der Waals surface area contributed by atoms with Gasteiger partial charge in [0.05, 0.1) is 5.69 Å². The maximum Gasteiger partial charge on any atom is 0.244 e. The summed E-state index contributed by atoms with van der Waals surface area (Å²) >= 11 is 0. The zero-order valence-corrected chi connectivity index (χ0v) is 12.1. The molecule has 0 atom stereocenters. The quantitative estimate of drug-likeness (QED) is 0.880. The molecule has 2 rings (SSSR count). The summed E-state index contributed by atoms with van der Waals surface area (Å²) in [6, 6.07) is 10.0. The Hall–Kier alpha value is -2.83. The predicted molar refractivity (Wildman–Crippen MR) is 79.4 cm³/mol. The van der Waals surface area contributed by atoms with Crippen LogP contribution in [0.25, 0.3) is 0 Å². The van der Waals surface area contributed by atoms with E-state index in [1.54, 1.807) is 30.3 Å². The van der Waals surface area contributed by atoms with Gasteiger partial charge in [-0.15, -0.1) is 0 Å². The Morgan fingerprint density at radius 1 is 1.00 bits per heavy atom. The fourth-order valence-electron chi connectivity index (χ4n) is 1.96. The van der Waals surface area contributed by atoms with Crippen LogP contribution < -0.4 is 10.2 Å². The van der Waals surface area contributed by atoms with Gasteiger partial charge in [-0.25, -0.2) is 13.2 Å². The van der Waals surface area contributed by atoms with E-state index in [9.17, 15) is 22.8 Å². The van der Waals surface area contributed by atoms with Gasteiger partial charge in [-0.2, -0.15) is 0 Å². The summed E-state index contributed by atoms with van der Waals surface area (Å²) in [5.74, 6) is -5.87. The molecule has 0 aromatic heterocycles. The van der Waals surface area contributed by atoms with Gasteiger partial charge >= 0.3 is 0 Å². The lowest BCUT2D eigenvalue weighted by Crippen LogP contribution is -2.37. The highest BCUT2D eigenvalue weighted by molar-refractivity contribution is 6.01. The lowest BCUT2D eigenvalue weighted by molar-refractivity contribution is -0.120. The van der Waals surface area contributed by atoms with Gasteiger partial charge in [-0.1, -0.05) is 18.2 Å². The van der Waals surface area contributed by atoms with Gasteiger partial charge in [0, 0.05) is 12.6 Å². The molecule has 0 radical (unpaired) electrons. The minimum Gasteiger partial charge on any atom is -0.325 e. The van der Waals surface area contributed by atoms with Crippen molar-refractivity contribution in [1.82, 2.24) is 0 Å². The first-order valence-corrected chi connectivity index (χ1v) is 6.66. The standard InChI is InChI=1S/C16H13F3N2O2/c1-10(22)21(13-8-7-12(17)15(18)16(13)19)9-14(23)20-11-5-3-2-4-6-11/h2-8H,9H2,1H3,(H,20,23). The third-order valence-electron chi connectivity index (χ3n) is 3.04. The van der Waals surface area contributed by atoms with Crippen LogP contribution in [0.4, 0.5) is 24.5 Å². The normalized spacial score (nSPS) is 10.3. The number of carbonyl (C=O) groups is 2. The number of halogens is 3. The Bertz CT molecular complexity index is 736. The SMILES string of the molecule is CC(=O)N(CC(=O)Nc1ccccc1)c1ccc(F)c(F)c1F. The molecule has 4 nitrogen and oxygen atoms in total. The summed E-state index contributed by atoms with van der Waals surface area (Å²) in [5.41, 5.74) is -0.00799. The first-order valence-electron chi connectivity index (χ1n) is 6.66. The molecule has 0 saturated heterocycles. The molecule has 0 aliphatic carbocycles. The minimum absolute atomic E-state index is 0.492. The summed E-state index contributed by atoms with van der Waals surface area (Å²) in [7, 11) is 0. The number of hydrogen-bond acceptors (Lipinski definition) is 2. The van der Waals surface area contributed by atoms with Crippen molar-refractivity contribution in [2.24, 2.45) is 0 Å². The fourth-order valence-corrected chi connectivity index (χ4v) is 1.96. The monoisotopic (exact) mass is 322 g/mol. The van der Waals surface area contributed by atoms with Gasteiger partial charge in [0.15, 0.2) is 17.5 Å². The molecule has 0 unspecified atom stereocenters. The van der Waals surface area contributed by atoms with Crippen LogP contribution in [0.15, 0.2) is 42.5 Å². The molecule has 2 amide bonds. The van der Waals surface area contributed by atoms with Crippen molar-refractivity contribution in [3.63, 3.8) is 0 Å². The molecule has 0 heterocycles. The molecule has 7 heteroatoms. The van der Waals surface area contributed by atoms with Crippen molar-refractivity contribution in [2.45, 2.75) is 6.92 Å². The highest BCUT2D eigenvalue weighted by atomic mass is 19.2. The number of anilines is 2. The third kappa shape index (κ3) is 3.88. The summed E-state index contributed by atoms with van der Waals surface area (Å²) in [6.45, 7) is 0.558. The van der Waals surface area contributed by atoms with Crippen LogP contribution in [0, 0.1) is 17.5 Å². The summed E-state index contributed by atoms with van der Waals surface area (Å²) in [6.07, 6.45) is 0. The number of amides is 2. The van der Waals surface area contributed by atoms with Crippen LogP contribution in [0.3, 0.4) is 0 Å². The van der Waals surface area contributed by atoms with Crippen LogP contribution in [0.1, 0.15) is 6.92 Å². The van der Waals surface area contributed by atoms with Gasteiger partial charge in [0.2, 0.25) is 11.8 Å². The van der Waals surface area contributed by atoms with E-state index in [0.717, 1.165) is 17.9 Å². The van der Waals surface area contributed by atoms with Crippen LogP contribution in [0.5, 0.6) is 0 Å². The molecule has 0 spiro atoms. The van der Waals surface area contributed by atoms with Gasteiger partial charge in [-0.3, -0.25) is 9.59 Å². The van der Waals surface area contributed by atoms with E-state index in [4.69, 9.17) is 0 Å². The van der Waals surface area contributed by atoms with E-state index < -0.39 is 41.5 Å². The number of rotatable bonds is 4. The van der Waals surface area contributed by atoms with Crippen molar-refractivity contribution in [3.8, 4) is 0 Å². The zero-order chi connectivity index (χ0) is 17.0. The van der Waals surface area contributed by atoms with Gasteiger partial charge in [-0.05, 0) is 24.3 Å². The first kappa shape index (κ1) is 16.5. The predicted octanol–water partition coefficient (Wildman–Crippen LogP) is 3.10. The second-order valence-electron chi connectivity index (χ2n) is 4.71. The molecule has 0 fully saturated rings. The van der Waals surface area contributed by atoms with E-state index in [-0.39, 0.29) is 0 Å². The maximum absolute atomic E-state index is 13.8. The number of hydrogen-bond donors (Lipinski definition) is 1. The second kappa shape index (κ2) is 6.95. The van der Waals surface area contributed by atoms with Gasteiger partial charge < -0.3 is 10.2 Å². The minimum atomic E-state index is -1.70. The molecule has 0 bridgehead atoms. The topological polar surface area (TPSA) is 49.4 Å². The lowest BCUT2D eigenvalue weighted by atomic mass is 10.2. The van der Waals surface area contributed by atoms with Crippen LogP contribution in [0.2, 0.25) is 0 Å². The average Bonchev–Trinajstić information content (AvgIpc) is 2.52. The molecule has 2 aromatic carbocycles. The number of nitrogens with one attached hydrogen (secondary N) is 1. The molecule has 0 aliphatic rings. The van der Waals surface area contributed by atoms with E-state index >= 15 is 0 Å². The molecular formula is C16H13F3N2O2. The Morgan fingerprint density at radius 2 is 1.65 bits per heavy atom. The summed E-state index contributed by atoms with van der Waals surface area (Å²) in [4.78, 5) is 24.3. The van der Waals surface area contributed by atoms with Crippen LogP contribution in [-0.4, -0.2) is 18.4 Å². The smallest absolute Gasteiger partial charge is 0.244 e. The number of nitrogens with zero attached hydrogens (tertiary/aromatic N) is 1. The molecule has 120 valence electrons. The fraction of sp³-hybridized carbons (Fsp3) is 0.125. The summed E-state index contributed by atoms with van der Waals surface area (Å²) in [5, 5.41) is 2.52. The van der Waals surface area contributed by atoms with Gasteiger partial charge in [0.1, 0.15) is 6.54 Å². The first-order chi connectivity index (χ1) is 10.9. The van der Waals surface area contributed by atoms with Crippen molar-refractivity contribution in [2.75, 3.05) is 16.8 Å². The van der Waals surface area contributed by atoms with E-state index in [1.165, 1.54) is 0 Å². The Kier molecular flexibility index (Phi) is 5.00. The van der Waals surface area contributed by atoms with Crippen molar-refractivity contribution in [1.29, 1.82) is 0 Å². The Labute approximate surface area is 130 Å². The Balaban J connectivity index is 2.21. The van der Waals surface area contributed by atoms with Gasteiger partial charge in [0.25, 0.3) is 0 Å². The van der Waals surface area contributed by atoms with Crippen molar-refractivity contribution in [3.05, 3.63) is 59.9 Å². The van der Waals surface area contributed by atoms with Crippen molar-refractivity contribution >= 4 is 23.2 Å². The van der Waals surface area contributed by atoms with E-state index in [0.29, 0.717) is 11.8 Å². The average molecular weight is 322 g/mol. The number of para-hydroxylation sites is 1. The molecule has 2 aromatic rings. The second-order valence-corrected chi connectivity index (χ2v) is 4.71.